The molecule has 3 heteroatoms. The molecule has 1 aliphatic rings. The number of hydrogen-bond donors (Lipinski definition) is 1. The molecule has 0 spiro atoms. The van der Waals surface area contributed by atoms with Gasteiger partial charge in [-0.2, -0.15) is 0 Å². The van der Waals surface area contributed by atoms with E-state index < -0.39 is 0 Å². The minimum absolute atomic E-state index is 0.111. The van der Waals surface area contributed by atoms with Crippen molar-refractivity contribution in [1.82, 2.24) is 4.57 Å². The molecule has 0 aromatic carbocycles. The van der Waals surface area contributed by atoms with Crippen LogP contribution >= 0.6 is 0 Å². The van der Waals surface area contributed by atoms with Crippen molar-refractivity contribution in [1.29, 1.82) is 0 Å². The van der Waals surface area contributed by atoms with Crippen LogP contribution in [0.4, 0.5) is 5.69 Å². The summed E-state index contributed by atoms with van der Waals surface area (Å²) in [7, 11) is 0. The van der Waals surface area contributed by atoms with Crippen LogP contribution in [0, 0.1) is 12.8 Å². The van der Waals surface area contributed by atoms with Gasteiger partial charge < -0.3 is 10.3 Å². The molecule has 1 aliphatic carbocycles. The van der Waals surface area contributed by atoms with E-state index in [0.717, 1.165) is 12.1 Å². The number of nitrogens with zero attached hydrogens (tertiary/aromatic N) is 1. The van der Waals surface area contributed by atoms with Gasteiger partial charge in [0, 0.05) is 24.0 Å². The van der Waals surface area contributed by atoms with Crippen LogP contribution in [-0.2, 0) is 6.54 Å². The highest BCUT2D eigenvalue weighted by molar-refractivity contribution is 5.37. The lowest BCUT2D eigenvalue weighted by atomic mass is 9.89. The van der Waals surface area contributed by atoms with E-state index in [0.29, 0.717) is 11.6 Å². The number of rotatable bonds is 2. The number of hydrogen-bond acceptors (Lipinski definition) is 2. The van der Waals surface area contributed by atoms with Crippen LogP contribution in [0.1, 0.15) is 37.7 Å². The van der Waals surface area contributed by atoms with Gasteiger partial charge in [0.2, 0.25) is 0 Å². The van der Waals surface area contributed by atoms with E-state index in [1.54, 1.807) is 16.8 Å². The third-order valence-corrected chi connectivity index (χ3v) is 3.47. The normalized spacial score (nSPS) is 17.6. The molecule has 0 aliphatic heterocycles. The van der Waals surface area contributed by atoms with Gasteiger partial charge >= 0.3 is 0 Å². The van der Waals surface area contributed by atoms with E-state index in [1.165, 1.54) is 32.1 Å². The first-order valence-corrected chi connectivity index (χ1v) is 6.13. The summed E-state index contributed by atoms with van der Waals surface area (Å²) < 4.78 is 1.79. The molecule has 0 saturated heterocycles. The molecule has 1 heterocycles. The van der Waals surface area contributed by atoms with Crippen molar-refractivity contribution in [3.8, 4) is 0 Å². The molecule has 1 aromatic rings. The van der Waals surface area contributed by atoms with Crippen LogP contribution in [0.3, 0.4) is 0 Å². The largest absolute Gasteiger partial charge is 0.398 e. The molecule has 0 unspecified atom stereocenters. The first kappa shape index (κ1) is 11.2. The van der Waals surface area contributed by atoms with Crippen molar-refractivity contribution in [2.24, 2.45) is 5.92 Å². The van der Waals surface area contributed by atoms with E-state index in [1.807, 2.05) is 6.92 Å². The van der Waals surface area contributed by atoms with E-state index >= 15 is 0 Å². The summed E-state index contributed by atoms with van der Waals surface area (Å²) in [5.41, 5.74) is 7.32. The Kier molecular flexibility index (Phi) is 3.32. The molecule has 16 heavy (non-hydrogen) atoms. The predicted molar refractivity (Wildman–Crippen MR) is 66.4 cm³/mol. The molecule has 0 amide bonds. The number of nitrogen functional groups attached to an aromatic ring is 1. The van der Waals surface area contributed by atoms with E-state index in [-0.39, 0.29) is 5.56 Å². The topological polar surface area (TPSA) is 48.0 Å². The summed E-state index contributed by atoms with van der Waals surface area (Å²) in [6.07, 6.45) is 8.24. The van der Waals surface area contributed by atoms with Gasteiger partial charge in [-0.05, 0) is 31.7 Å². The van der Waals surface area contributed by atoms with Crippen LogP contribution < -0.4 is 11.3 Å². The van der Waals surface area contributed by atoms with Crippen LogP contribution in [0.2, 0.25) is 0 Å². The molecule has 1 saturated carbocycles. The Balaban J connectivity index is 2.17. The zero-order chi connectivity index (χ0) is 11.5. The first-order valence-electron chi connectivity index (χ1n) is 6.13. The van der Waals surface area contributed by atoms with Gasteiger partial charge in [-0.3, -0.25) is 4.79 Å². The van der Waals surface area contributed by atoms with Crippen molar-refractivity contribution in [3.63, 3.8) is 0 Å². The quantitative estimate of drug-likeness (QED) is 0.831. The number of aryl methyl sites for hydroxylation is 1. The molecule has 3 nitrogen and oxygen atoms in total. The van der Waals surface area contributed by atoms with E-state index in [4.69, 9.17) is 5.73 Å². The van der Waals surface area contributed by atoms with Gasteiger partial charge in [0.15, 0.2) is 0 Å². The lowest BCUT2D eigenvalue weighted by Crippen LogP contribution is -2.26. The maximum absolute atomic E-state index is 11.9. The third-order valence-electron chi connectivity index (χ3n) is 3.47. The molecule has 0 atom stereocenters. The van der Waals surface area contributed by atoms with Gasteiger partial charge in [-0.25, -0.2) is 0 Å². The lowest BCUT2D eigenvalue weighted by molar-refractivity contribution is 0.316. The highest BCUT2D eigenvalue weighted by Gasteiger charge is 2.14. The highest BCUT2D eigenvalue weighted by atomic mass is 16.1. The SMILES string of the molecule is Cc1cc(N)cn(CC2CCCCC2)c1=O. The second-order valence-corrected chi connectivity index (χ2v) is 4.92. The van der Waals surface area contributed by atoms with Gasteiger partial charge in [0.25, 0.3) is 5.56 Å². The molecule has 88 valence electrons. The molecule has 0 radical (unpaired) electrons. The number of nitrogens with two attached hydrogens (primary N) is 1. The summed E-state index contributed by atoms with van der Waals surface area (Å²) in [5.74, 6) is 0.660. The average molecular weight is 220 g/mol. The van der Waals surface area contributed by atoms with Gasteiger partial charge in [-0.1, -0.05) is 19.3 Å². The Morgan fingerprint density at radius 1 is 1.38 bits per heavy atom. The maximum atomic E-state index is 11.9. The zero-order valence-electron chi connectivity index (χ0n) is 9.91. The Labute approximate surface area is 96.3 Å². The van der Waals surface area contributed by atoms with Crippen molar-refractivity contribution in [2.75, 3.05) is 5.73 Å². The van der Waals surface area contributed by atoms with Crippen LogP contribution in [0.25, 0.3) is 0 Å². The minimum atomic E-state index is 0.111. The number of pyridine rings is 1. The van der Waals surface area contributed by atoms with Gasteiger partial charge in [0.1, 0.15) is 0 Å². The highest BCUT2D eigenvalue weighted by Crippen LogP contribution is 2.24. The predicted octanol–water partition coefficient (Wildman–Crippen LogP) is 2.32. The summed E-state index contributed by atoms with van der Waals surface area (Å²) in [6, 6.07) is 1.75. The second-order valence-electron chi connectivity index (χ2n) is 4.92. The summed E-state index contributed by atoms with van der Waals surface area (Å²) in [4.78, 5) is 11.9. The molecule has 0 bridgehead atoms. The maximum Gasteiger partial charge on any atom is 0.253 e. The Hall–Kier alpha value is -1.25. The monoisotopic (exact) mass is 220 g/mol. The summed E-state index contributed by atoms with van der Waals surface area (Å²) >= 11 is 0. The fourth-order valence-corrected chi connectivity index (χ4v) is 2.60. The molecular weight excluding hydrogens is 200 g/mol. The van der Waals surface area contributed by atoms with E-state index in [9.17, 15) is 4.79 Å². The molecule has 1 aromatic heterocycles. The first-order chi connectivity index (χ1) is 7.66. The van der Waals surface area contributed by atoms with Crippen molar-refractivity contribution >= 4 is 5.69 Å². The average Bonchev–Trinajstić information content (AvgIpc) is 2.27. The Morgan fingerprint density at radius 2 is 2.06 bits per heavy atom. The Morgan fingerprint density at radius 3 is 2.75 bits per heavy atom. The molecular formula is C13H20N2O. The second kappa shape index (κ2) is 4.73. The molecule has 2 N–H and O–H groups in total. The summed E-state index contributed by atoms with van der Waals surface area (Å²) in [5, 5.41) is 0. The minimum Gasteiger partial charge on any atom is -0.398 e. The van der Waals surface area contributed by atoms with Crippen LogP contribution in [0.5, 0.6) is 0 Å². The number of aromatic nitrogens is 1. The van der Waals surface area contributed by atoms with E-state index in [2.05, 4.69) is 0 Å². The zero-order valence-corrected chi connectivity index (χ0v) is 9.91. The standard InChI is InChI=1S/C13H20N2O/c1-10-7-12(14)9-15(13(10)16)8-11-5-3-2-4-6-11/h7,9,11H,2-6,8,14H2,1H3. The third kappa shape index (κ3) is 2.46. The fraction of sp³-hybridized carbons (Fsp3) is 0.615. The Bertz CT molecular complexity index is 416. The van der Waals surface area contributed by atoms with Crippen molar-refractivity contribution in [3.05, 3.63) is 28.2 Å². The smallest absolute Gasteiger partial charge is 0.253 e. The molecule has 2 rings (SSSR count). The number of anilines is 1. The summed E-state index contributed by atoms with van der Waals surface area (Å²) in [6.45, 7) is 2.67. The van der Waals surface area contributed by atoms with Gasteiger partial charge in [0.05, 0.1) is 0 Å². The lowest BCUT2D eigenvalue weighted by Gasteiger charge is -2.22. The van der Waals surface area contributed by atoms with Gasteiger partial charge in [-0.15, -0.1) is 0 Å². The van der Waals surface area contributed by atoms with Crippen LogP contribution in [0.15, 0.2) is 17.1 Å². The van der Waals surface area contributed by atoms with Crippen molar-refractivity contribution < 1.29 is 0 Å². The van der Waals surface area contributed by atoms with Crippen molar-refractivity contribution in [2.45, 2.75) is 45.6 Å². The van der Waals surface area contributed by atoms with Crippen LogP contribution in [-0.4, -0.2) is 4.57 Å². The fourth-order valence-electron chi connectivity index (χ4n) is 2.60. The molecule has 1 fully saturated rings.